The van der Waals surface area contributed by atoms with Crippen LogP contribution in [-0.2, 0) is 0 Å². The number of amides is 1. The molecule has 2 rings (SSSR count). The minimum Gasteiger partial charge on any atom is -0.349 e. The summed E-state index contributed by atoms with van der Waals surface area (Å²) in [4.78, 5) is 12.2. The van der Waals surface area contributed by atoms with Crippen molar-refractivity contribution in [1.29, 1.82) is 0 Å². The summed E-state index contributed by atoms with van der Waals surface area (Å²) in [5.74, 6) is -0.0292. The zero-order chi connectivity index (χ0) is 13.3. The number of nitrogens with one attached hydrogen (secondary N) is 1. The Hall–Kier alpha value is -0.540. The predicted molar refractivity (Wildman–Crippen MR) is 78.0 cm³/mol. The van der Waals surface area contributed by atoms with Crippen molar-refractivity contribution < 1.29 is 4.79 Å². The average molecular weight is 331 g/mol. The van der Waals surface area contributed by atoms with Crippen molar-refractivity contribution in [2.75, 3.05) is 0 Å². The number of benzene rings is 1. The fourth-order valence-electron chi connectivity index (χ4n) is 2.50. The lowest BCUT2D eigenvalue weighted by atomic mass is 9.87. The fraction of sp³-hybridized carbons (Fsp3) is 0.500. The van der Waals surface area contributed by atoms with Gasteiger partial charge >= 0.3 is 0 Å². The summed E-state index contributed by atoms with van der Waals surface area (Å²) in [5, 5.41) is 3.76. The molecular formula is C14H17BrClNO. The van der Waals surface area contributed by atoms with Gasteiger partial charge in [0.1, 0.15) is 0 Å². The van der Waals surface area contributed by atoms with E-state index in [-0.39, 0.29) is 17.4 Å². The van der Waals surface area contributed by atoms with Crippen LogP contribution in [0.3, 0.4) is 0 Å². The van der Waals surface area contributed by atoms with Crippen molar-refractivity contribution in [3.63, 3.8) is 0 Å². The Morgan fingerprint density at radius 1 is 1.50 bits per heavy atom. The molecular weight excluding hydrogens is 314 g/mol. The van der Waals surface area contributed by atoms with Crippen LogP contribution in [0.2, 0.25) is 5.02 Å². The molecule has 1 aliphatic rings. The molecule has 2 nitrogen and oxygen atoms in total. The zero-order valence-electron chi connectivity index (χ0n) is 10.6. The molecule has 0 bridgehead atoms. The van der Waals surface area contributed by atoms with E-state index in [1.54, 1.807) is 18.2 Å². The van der Waals surface area contributed by atoms with Gasteiger partial charge in [0.15, 0.2) is 0 Å². The van der Waals surface area contributed by atoms with Crippen molar-refractivity contribution in [3.8, 4) is 0 Å². The molecule has 1 aromatic rings. The van der Waals surface area contributed by atoms with Gasteiger partial charge in [0.05, 0.1) is 5.56 Å². The molecule has 0 heterocycles. The van der Waals surface area contributed by atoms with Crippen molar-refractivity contribution in [1.82, 2.24) is 5.32 Å². The summed E-state index contributed by atoms with van der Waals surface area (Å²) in [6.07, 6.45) is 3.41. The number of carbonyl (C=O) groups is 1. The standard InChI is InChI=1S/C14H17BrClNO/c1-14(2)7-3-4-12(14)17-13(18)10-6-5-9(16)8-11(10)15/h5-6,8,12H,3-4,7H2,1-2H3,(H,17,18). The van der Waals surface area contributed by atoms with Crippen LogP contribution < -0.4 is 5.32 Å². The van der Waals surface area contributed by atoms with Crippen molar-refractivity contribution in [3.05, 3.63) is 33.3 Å². The Balaban J connectivity index is 2.13. The Kier molecular flexibility index (Phi) is 4.02. The average Bonchev–Trinajstić information content (AvgIpc) is 2.58. The summed E-state index contributed by atoms with van der Waals surface area (Å²) < 4.78 is 0.739. The van der Waals surface area contributed by atoms with E-state index < -0.39 is 0 Å². The summed E-state index contributed by atoms with van der Waals surface area (Å²) in [7, 11) is 0. The van der Waals surface area contributed by atoms with Crippen LogP contribution in [0.4, 0.5) is 0 Å². The maximum absolute atomic E-state index is 12.2. The molecule has 1 aromatic carbocycles. The van der Waals surface area contributed by atoms with Crippen LogP contribution in [0, 0.1) is 5.41 Å². The van der Waals surface area contributed by atoms with E-state index in [0.717, 1.165) is 10.9 Å². The van der Waals surface area contributed by atoms with Crippen molar-refractivity contribution in [2.45, 2.75) is 39.2 Å². The van der Waals surface area contributed by atoms with E-state index in [4.69, 9.17) is 11.6 Å². The molecule has 1 amide bonds. The predicted octanol–water partition coefficient (Wildman–Crippen LogP) is 4.41. The monoisotopic (exact) mass is 329 g/mol. The molecule has 1 fully saturated rings. The van der Waals surface area contributed by atoms with Gasteiger partial charge in [-0.05, 0) is 52.4 Å². The van der Waals surface area contributed by atoms with Crippen molar-refractivity contribution >= 4 is 33.4 Å². The van der Waals surface area contributed by atoms with E-state index in [2.05, 4.69) is 35.1 Å². The van der Waals surface area contributed by atoms with Crippen molar-refractivity contribution in [2.24, 2.45) is 5.41 Å². The summed E-state index contributed by atoms with van der Waals surface area (Å²) in [6.45, 7) is 4.42. The first-order valence-corrected chi connectivity index (χ1v) is 7.33. The van der Waals surface area contributed by atoms with Gasteiger partial charge in [0.2, 0.25) is 0 Å². The summed E-state index contributed by atoms with van der Waals surface area (Å²) in [6, 6.07) is 5.49. The van der Waals surface area contributed by atoms with Gasteiger partial charge in [-0.25, -0.2) is 0 Å². The van der Waals surface area contributed by atoms with Gasteiger partial charge < -0.3 is 5.32 Å². The second kappa shape index (κ2) is 5.22. The van der Waals surface area contributed by atoms with Gasteiger partial charge in [-0.3, -0.25) is 4.79 Å². The largest absolute Gasteiger partial charge is 0.349 e. The van der Waals surface area contributed by atoms with E-state index in [9.17, 15) is 4.79 Å². The summed E-state index contributed by atoms with van der Waals surface area (Å²) in [5.41, 5.74) is 0.830. The molecule has 1 unspecified atom stereocenters. The molecule has 1 aliphatic carbocycles. The molecule has 0 aromatic heterocycles. The van der Waals surface area contributed by atoms with Gasteiger partial charge in [-0.1, -0.05) is 31.9 Å². The molecule has 0 aliphatic heterocycles. The smallest absolute Gasteiger partial charge is 0.252 e. The Labute approximate surface area is 121 Å². The zero-order valence-corrected chi connectivity index (χ0v) is 12.9. The van der Waals surface area contributed by atoms with E-state index in [1.165, 1.54) is 12.8 Å². The third-order valence-corrected chi connectivity index (χ3v) is 4.63. The van der Waals surface area contributed by atoms with Crippen LogP contribution in [0.15, 0.2) is 22.7 Å². The molecule has 0 saturated heterocycles. The molecule has 18 heavy (non-hydrogen) atoms. The molecule has 1 N–H and O–H groups in total. The van der Waals surface area contributed by atoms with Crippen LogP contribution in [0.1, 0.15) is 43.5 Å². The second-order valence-electron chi connectivity index (χ2n) is 5.53. The highest BCUT2D eigenvalue weighted by molar-refractivity contribution is 9.10. The normalized spacial score (nSPS) is 21.9. The molecule has 1 saturated carbocycles. The number of hydrogen-bond donors (Lipinski definition) is 1. The van der Waals surface area contributed by atoms with Gasteiger partial charge in [0.25, 0.3) is 5.91 Å². The number of hydrogen-bond acceptors (Lipinski definition) is 1. The highest BCUT2D eigenvalue weighted by Crippen LogP contribution is 2.37. The lowest BCUT2D eigenvalue weighted by molar-refractivity contribution is 0.0909. The lowest BCUT2D eigenvalue weighted by Crippen LogP contribution is -2.41. The number of halogens is 2. The minimum absolute atomic E-state index is 0.0292. The van der Waals surface area contributed by atoms with E-state index in [1.807, 2.05) is 0 Å². The first-order valence-electron chi connectivity index (χ1n) is 6.16. The second-order valence-corrected chi connectivity index (χ2v) is 6.82. The first-order chi connectivity index (χ1) is 8.40. The SMILES string of the molecule is CC1(C)CCCC1NC(=O)c1ccc(Cl)cc1Br. The molecule has 4 heteroatoms. The Morgan fingerprint density at radius 3 is 2.78 bits per heavy atom. The van der Waals surface area contributed by atoms with Gasteiger partial charge in [-0.2, -0.15) is 0 Å². The molecule has 98 valence electrons. The Bertz CT molecular complexity index is 473. The van der Waals surface area contributed by atoms with Crippen LogP contribution in [0.25, 0.3) is 0 Å². The minimum atomic E-state index is -0.0292. The molecule has 1 atom stereocenters. The quantitative estimate of drug-likeness (QED) is 0.855. The highest BCUT2D eigenvalue weighted by atomic mass is 79.9. The van der Waals surface area contributed by atoms with Crippen LogP contribution in [-0.4, -0.2) is 11.9 Å². The Morgan fingerprint density at radius 2 is 2.22 bits per heavy atom. The van der Waals surface area contributed by atoms with Gasteiger partial charge in [-0.15, -0.1) is 0 Å². The van der Waals surface area contributed by atoms with E-state index >= 15 is 0 Å². The maximum atomic E-state index is 12.2. The molecule has 0 radical (unpaired) electrons. The number of carbonyl (C=O) groups excluding carboxylic acids is 1. The number of rotatable bonds is 2. The molecule has 0 spiro atoms. The maximum Gasteiger partial charge on any atom is 0.252 e. The lowest BCUT2D eigenvalue weighted by Gasteiger charge is -2.28. The third kappa shape index (κ3) is 2.89. The van der Waals surface area contributed by atoms with E-state index in [0.29, 0.717) is 10.6 Å². The topological polar surface area (TPSA) is 29.1 Å². The highest BCUT2D eigenvalue weighted by Gasteiger charge is 2.35. The van der Waals surface area contributed by atoms with Crippen LogP contribution in [0.5, 0.6) is 0 Å². The summed E-state index contributed by atoms with van der Waals surface area (Å²) >= 11 is 9.26. The first kappa shape index (κ1) is 13.9. The fourth-order valence-corrected chi connectivity index (χ4v) is 3.37. The van der Waals surface area contributed by atoms with Crippen LogP contribution >= 0.6 is 27.5 Å². The third-order valence-electron chi connectivity index (χ3n) is 3.74. The van der Waals surface area contributed by atoms with Gasteiger partial charge in [0, 0.05) is 15.5 Å².